The average Bonchev–Trinajstić information content (AvgIpc) is 2.58. The zero-order valence-electron chi connectivity index (χ0n) is 14.3. The Morgan fingerprint density at radius 3 is 2.35 bits per heavy atom. The van der Waals surface area contributed by atoms with E-state index in [2.05, 4.69) is 91.6 Å². The molecule has 0 saturated carbocycles. The maximum absolute atomic E-state index is 3.45. The molecule has 2 aromatic carbocycles. The average molecular weight is 306 g/mol. The molecule has 0 saturated heterocycles. The van der Waals surface area contributed by atoms with Gasteiger partial charge in [-0.15, -0.1) is 0 Å². The lowest BCUT2D eigenvalue weighted by Crippen LogP contribution is -2.26. The third-order valence-electron chi connectivity index (χ3n) is 3.75. The summed E-state index contributed by atoms with van der Waals surface area (Å²) >= 11 is 0. The van der Waals surface area contributed by atoms with Crippen molar-refractivity contribution in [2.45, 2.75) is 19.4 Å². The van der Waals surface area contributed by atoms with Crippen LogP contribution in [0.4, 0.5) is 0 Å². The molecule has 0 aromatic heterocycles. The molecule has 2 nitrogen and oxygen atoms in total. The molecule has 2 rings (SSSR count). The van der Waals surface area contributed by atoms with E-state index < -0.39 is 0 Å². The van der Waals surface area contributed by atoms with E-state index in [-0.39, 0.29) is 5.92 Å². The number of rotatable bonds is 6. The van der Waals surface area contributed by atoms with Gasteiger partial charge in [0.1, 0.15) is 0 Å². The smallest absolute Gasteiger partial charge is 0.0427 e. The van der Waals surface area contributed by atoms with Crippen LogP contribution in [0.15, 0.2) is 54.6 Å². The van der Waals surface area contributed by atoms with Crippen LogP contribution in [0, 0.1) is 11.8 Å². The van der Waals surface area contributed by atoms with Crippen LogP contribution >= 0.6 is 0 Å². The second kappa shape index (κ2) is 9.15. The Kier molecular flexibility index (Phi) is 6.87. The molecule has 0 aliphatic heterocycles. The van der Waals surface area contributed by atoms with Gasteiger partial charge in [-0.2, -0.15) is 0 Å². The van der Waals surface area contributed by atoms with Crippen LogP contribution in [-0.4, -0.2) is 32.1 Å². The summed E-state index contributed by atoms with van der Waals surface area (Å²) in [7, 11) is 4.18. The van der Waals surface area contributed by atoms with Crippen LogP contribution in [0.3, 0.4) is 0 Å². The van der Waals surface area contributed by atoms with Gasteiger partial charge in [0.15, 0.2) is 0 Å². The van der Waals surface area contributed by atoms with Crippen molar-refractivity contribution in [3.05, 3.63) is 71.3 Å². The SMILES string of the molecule is CC(C#Cc1ccc(CNCCN(C)C)cc1)c1ccccc1. The molecule has 1 N–H and O–H groups in total. The topological polar surface area (TPSA) is 15.3 Å². The predicted octanol–water partition coefficient (Wildman–Crippen LogP) is 3.49. The molecule has 0 radical (unpaired) electrons. The fourth-order valence-corrected chi connectivity index (χ4v) is 2.26. The van der Waals surface area contributed by atoms with Crippen molar-refractivity contribution in [2.75, 3.05) is 27.2 Å². The zero-order chi connectivity index (χ0) is 16.5. The van der Waals surface area contributed by atoms with Gasteiger partial charge in [0.05, 0.1) is 0 Å². The summed E-state index contributed by atoms with van der Waals surface area (Å²) in [5, 5.41) is 3.45. The Morgan fingerprint density at radius 1 is 1.00 bits per heavy atom. The molecule has 0 fully saturated rings. The standard InChI is InChI=1S/C21H26N2/c1-18(21-7-5-4-6-8-21)9-10-19-11-13-20(14-12-19)17-22-15-16-23(2)3/h4-8,11-14,18,22H,15-17H2,1-3H3. The zero-order valence-corrected chi connectivity index (χ0v) is 14.3. The summed E-state index contributed by atoms with van der Waals surface area (Å²) in [6, 6.07) is 18.9. The first kappa shape index (κ1) is 17.3. The van der Waals surface area contributed by atoms with Crippen molar-refractivity contribution < 1.29 is 0 Å². The molecular formula is C21H26N2. The molecule has 120 valence electrons. The fourth-order valence-electron chi connectivity index (χ4n) is 2.26. The number of nitrogens with one attached hydrogen (secondary N) is 1. The van der Waals surface area contributed by atoms with E-state index in [1.807, 2.05) is 6.07 Å². The van der Waals surface area contributed by atoms with Crippen LogP contribution in [-0.2, 0) is 6.54 Å². The van der Waals surface area contributed by atoms with Crippen LogP contribution in [0.2, 0.25) is 0 Å². The molecule has 1 atom stereocenters. The van der Waals surface area contributed by atoms with Crippen molar-refractivity contribution in [1.82, 2.24) is 10.2 Å². The minimum atomic E-state index is 0.253. The lowest BCUT2D eigenvalue weighted by Gasteiger charge is -2.10. The molecule has 0 aliphatic carbocycles. The first-order chi connectivity index (χ1) is 11.1. The van der Waals surface area contributed by atoms with Gasteiger partial charge in [0, 0.05) is 31.1 Å². The molecule has 0 aliphatic rings. The molecule has 2 aromatic rings. The quantitative estimate of drug-likeness (QED) is 0.649. The fraction of sp³-hybridized carbons (Fsp3) is 0.333. The van der Waals surface area contributed by atoms with E-state index in [0.29, 0.717) is 0 Å². The first-order valence-electron chi connectivity index (χ1n) is 8.16. The highest BCUT2D eigenvalue weighted by Crippen LogP contribution is 2.13. The largest absolute Gasteiger partial charge is 0.311 e. The van der Waals surface area contributed by atoms with Crippen LogP contribution in [0.1, 0.15) is 29.5 Å². The second-order valence-corrected chi connectivity index (χ2v) is 6.08. The minimum absolute atomic E-state index is 0.253. The summed E-state index contributed by atoms with van der Waals surface area (Å²) in [6.45, 7) is 5.11. The normalized spacial score (nSPS) is 11.8. The molecule has 0 bridgehead atoms. The Labute approximate surface area is 140 Å². The number of likely N-dealkylation sites (N-methyl/N-ethyl adjacent to an activating group) is 1. The highest BCUT2D eigenvalue weighted by atomic mass is 15.1. The Balaban J connectivity index is 1.87. The van der Waals surface area contributed by atoms with Crippen molar-refractivity contribution in [2.24, 2.45) is 0 Å². The van der Waals surface area contributed by atoms with Gasteiger partial charge in [-0.25, -0.2) is 0 Å². The molecule has 23 heavy (non-hydrogen) atoms. The van der Waals surface area contributed by atoms with E-state index >= 15 is 0 Å². The van der Waals surface area contributed by atoms with Gasteiger partial charge in [-0.3, -0.25) is 0 Å². The lowest BCUT2D eigenvalue weighted by molar-refractivity contribution is 0.400. The van der Waals surface area contributed by atoms with Crippen molar-refractivity contribution >= 4 is 0 Å². The number of benzene rings is 2. The molecular weight excluding hydrogens is 280 g/mol. The van der Waals surface area contributed by atoms with Crippen LogP contribution in [0.25, 0.3) is 0 Å². The first-order valence-corrected chi connectivity index (χ1v) is 8.16. The highest BCUT2D eigenvalue weighted by molar-refractivity contribution is 5.39. The van der Waals surface area contributed by atoms with Crippen molar-refractivity contribution in [3.8, 4) is 11.8 Å². The maximum atomic E-state index is 3.45. The van der Waals surface area contributed by atoms with Gasteiger partial charge in [0.25, 0.3) is 0 Å². The third-order valence-corrected chi connectivity index (χ3v) is 3.75. The van der Waals surface area contributed by atoms with Gasteiger partial charge in [0.2, 0.25) is 0 Å². The maximum Gasteiger partial charge on any atom is 0.0427 e. The molecule has 2 heteroatoms. The Morgan fingerprint density at radius 2 is 1.70 bits per heavy atom. The van der Waals surface area contributed by atoms with Gasteiger partial charge < -0.3 is 10.2 Å². The Hall–Kier alpha value is -2.08. The van der Waals surface area contributed by atoms with Gasteiger partial charge in [-0.05, 0) is 44.3 Å². The second-order valence-electron chi connectivity index (χ2n) is 6.08. The third kappa shape index (κ3) is 6.28. The van der Waals surface area contributed by atoms with Crippen LogP contribution in [0.5, 0.6) is 0 Å². The minimum Gasteiger partial charge on any atom is -0.311 e. The van der Waals surface area contributed by atoms with Crippen LogP contribution < -0.4 is 5.32 Å². The highest BCUT2D eigenvalue weighted by Gasteiger charge is 1.99. The lowest BCUT2D eigenvalue weighted by atomic mass is 10.0. The summed E-state index contributed by atoms with van der Waals surface area (Å²) in [5.74, 6) is 6.86. The summed E-state index contributed by atoms with van der Waals surface area (Å²) in [4.78, 5) is 2.18. The molecule has 0 spiro atoms. The monoisotopic (exact) mass is 306 g/mol. The van der Waals surface area contributed by atoms with E-state index in [9.17, 15) is 0 Å². The van der Waals surface area contributed by atoms with Crippen molar-refractivity contribution in [1.29, 1.82) is 0 Å². The number of hydrogen-bond donors (Lipinski definition) is 1. The molecule has 0 heterocycles. The van der Waals surface area contributed by atoms with Gasteiger partial charge >= 0.3 is 0 Å². The van der Waals surface area contributed by atoms with E-state index in [1.54, 1.807) is 0 Å². The molecule has 0 amide bonds. The summed E-state index contributed by atoms with van der Waals surface area (Å²) in [6.07, 6.45) is 0. The van der Waals surface area contributed by atoms with Gasteiger partial charge in [-0.1, -0.05) is 54.3 Å². The summed E-state index contributed by atoms with van der Waals surface area (Å²) in [5.41, 5.74) is 3.64. The number of nitrogens with zero attached hydrogens (tertiary/aromatic N) is 1. The van der Waals surface area contributed by atoms with E-state index in [0.717, 1.165) is 25.2 Å². The van der Waals surface area contributed by atoms with Crippen molar-refractivity contribution in [3.63, 3.8) is 0 Å². The number of hydrogen-bond acceptors (Lipinski definition) is 2. The van der Waals surface area contributed by atoms with E-state index in [1.165, 1.54) is 11.1 Å². The Bertz CT molecular complexity index is 633. The van der Waals surface area contributed by atoms with E-state index in [4.69, 9.17) is 0 Å². The predicted molar refractivity (Wildman–Crippen MR) is 98.4 cm³/mol. The summed E-state index contributed by atoms with van der Waals surface area (Å²) < 4.78 is 0. The molecule has 1 unspecified atom stereocenters.